The van der Waals surface area contributed by atoms with Crippen LogP contribution in [0.5, 0.6) is 0 Å². The van der Waals surface area contributed by atoms with Crippen LogP contribution in [0.2, 0.25) is 5.02 Å². The Hall–Kier alpha value is -1.30. The van der Waals surface area contributed by atoms with Crippen molar-refractivity contribution in [3.63, 3.8) is 0 Å². The van der Waals surface area contributed by atoms with E-state index in [9.17, 15) is 4.79 Å². The Kier molecular flexibility index (Phi) is 7.50. The summed E-state index contributed by atoms with van der Waals surface area (Å²) >= 11 is 6.04. The summed E-state index contributed by atoms with van der Waals surface area (Å²) in [5.41, 5.74) is 6.80. The first-order valence-corrected chi connectivity index (χ1v) is 7.36. The fourth-order valence-electron chi connectivity index (χ4n) is 2.00. The van der Waals surface area contributed by atoms with Crippen molar-refractivity contribution in [1.29, 1.82) is 0 Å². The molecule has 0 aromatic heterocycles. The summed E-state index contributed by atoms with van der Waals surface area (Å²) in [6.07, 6.45) is 0. The lowest BCUT2D eigenvalue weighted by Crippen LogP contribution is -2.37. The van der Waals surface area contributed by atoms with E-state index in [0.29, 0.717) is 42.0 Å². The predicted octanol–water partition coefficient (Wildman–Crippen LogP) is 2.47. The van der Waals surface area contributed by atoms with E-state index >= 15 is 0 Å². The highest BCUT2D eigenvalue weighted by Gasteiger charge is 2.13. The lowest BCUT2D eigenvalue weighted by atomic mass is 10.2. The number of nitrogens with one attached hydrogen (secondary N) is 1. The van der Waals surface area contributed by atoms with Crippen LogP contribution in [-0.2, 0) is 9.53 Å². The van der Waals surface area contributed by atoms with E-state index in [-0.39, 0.29) is 5.91 Å². The number of ether oxygens (including phenoxy) is 1. The Labute approximate surface area is 131 Å². The minimum atomic E-state index is -0.112. The van der Waals surface area contributed by atoms with Gasteiger partial charge in [-0.15, -0.1) is 0 Å². The zero-order valence-corrected chi connectivity index (χ0v) is 13.6. The molecule has 1 aromatic carbocycles. The number of halogens is 1. The second kappa shape index (κ2) is 8.87. The molecular formula is C15H24ClN3O2. The molecule has 0 aliphatic rings. The monoisotopic (exact) mass is 313 g/mol. The van der Waals surface area contributed by atoms with Crippen LogP contribution in [0.1, 0.15) is 13.8 Å². The number of nitrogens with zero attached hydrogens (tertiary/aromatic N) is 1. The topological polar surface area (TPSA) is 67.6 Å². The van der Waals surface area contributed by atoms with E-state index in [1.165, 1.54) is 0 Å². The standard InChI is InChI=1S/C15H24ClN3O2/c1-11(2)9-19(6-7-21-3)10-15(20)18-14-8-12(17)4-5-13(14)16/h4-5,8,11H,6-7,9-10,17H2,1-3H3,(H,18,20). The van der Waals surface area contributed by atoms with Gasteiger partial charge in [-0.1, -0.05) is 25.4 Å². The smallest absolute Gasteiger partial charge is 0.238 e. The Balaban J connectivity index is 2.62. The molecule has 0 spiro atoms. The number of methoxy groups -OCH3 is 1. The number of carbonyl (C=O) groups excluding carboxylic acids is 1. The van der Waals surface area contributed by atoms with Crippen molar-refractivity contribution >= 4 is 28.9 Å². The number of benzene rings is 1. The summed E-state index contributed by atoms with van der Waals surface area (Å²) in [5, 5.41) is 3.27. The van der Waals surface area contributed by atoms with Crippen molar-refractivity contribution < 1.29 is 9.53 Å². The zero-order chi connectivity index (χ0) is 15.8. The van der Waals surface area contributed by atoms with E-state index in [2.05, 4.69) is 24.1 Å². The number of anilines is 2. The quantitative estimate of drug-likeness (QED) is 0.723. The Bertz CT molecular complexity index is 466. The minimum absolute atomic E-state index is 0.112. The van der Waals surface area contributed by atoms with Gasteiger partial charge in [0.1, 0.15) is 0 Å². The lowest BCUT2D eigenvalue weighted by Gasteiger charge is -2.23. The van der Waals surface area contributed by atoms with Gasteiger partial charge in [0.2, 0.25) is 5.91 Å². The number of nitrogens with two attached hydrogens (primary N) is 1. The molecule has 0 saturated carbocycles. The number of nitrogen functional groups attached to an aromatic ring is 1. The van der Waals surface area contributed by atoms with Crippen LogP contribution in [0, 0.1) is 5.92 Å². The van der Waals surface area contributed by atoms with Crippen molar-refractivity contribution in [1.82, 2.24) is 4.90 Å². The second-order valence-electron chi connectivity index (χ2n) is 5.41. The molecule has 1 amide bonds. The summed E-state index contributed by atoms with van der Waals surface area (Å²) in [5.74, 6) is 0.366. The van der Waals surface area contributed by atoms with Crippen LogP contribution in [0.4, 0.5) is 11.4 Å². The number of carbonyl (C=O) groups is 1. The Morgan fingerprint density at radius 3 is 2.81 bits per heavy atom. The molecule has 0 heterocycles. The minimum Gasteiger partial charge on any atom is -0.399 e. The number of hydrogen-bond acceptors (Lipinski definition) is 4. The molecule has 0 radical (unpaired) electrons. The zero-order valence-electron chi connectivity index (χ0n) is 12.9. The maximum Gasteiger partial charge on any atom is 0.238 e. The second-order valence-corrected chi connectivity index (χ2v) is 5.82. The lowest BCUT2D eigenvalue weighted by molar-refractivity contribution is -0.117. The average molecular weight is 314 g/mol. The molecule has 3 N–H and O–H groups in total. The van der Waals surface area contributed by atoms with Crippen LogP contribution in [0.15, 0.2) is 18.2 Å². The third-order valence-electron chi connectivity index (χ3n) is 2.87. The molecule has 0 atom stereocenters. The molecule has 1 rings (SSSR count). The average Bonchev–Trinajstić information content (AvgIpc) is 2.39. The van der Waals surface area contributed by atoms with Gasteiger partial charge in [0.05, 0.1) is 23.9 Å². The third-order valence-corrected chi connectivity index (χ3v) is 3.20. The van der Waals surface area contributed by atoms with Gasteiger partial charge in [-0.05, 0) is 24.1 Å². The van der Waals surface area contributed by atoms with Crippen LogP contribution < -0.4 is 11.1 Å². The Morgan fingerprint density at radius 1 is 1.48 bits per heavy atom. The normalized spacial score (nSPS) is 11.1. The maximum absolute atomic E-state index is 12.1. The third kappa shape index (κ3) is 6.80. The maximum atomic E-state index is 12.1. The first-order chi connectivity index (χ1) is 9.92. The predicted molar refractivity (Wildman–Crippen MR) is 87.6 cm³/mol. The summed E-state index contributed by atoms with van der Waals surface area (Å²) in [6.45, 7) is 6.68. The molecular weight excluding hydrogens is 290 g/mol. The van der Waals surface area contributed by atoms with Gasteiger partial charge >= 0.3 is 0 Å². The fourth-order valence-corrected chi connectivity index (χ4v) is 2.17. The van der Waals surface area contributed by atoms with Gasteiger partial charge in [-0.2, -0.15) is 0 Å². The van der Waals surface area contributed by atoms with Gasteiger partial charge in [0.15, 0.2) is 0 Å². The van der Waals surface area contributed by atoms with Crippen molar-refractivity contribution in [3.8, 4) is 0 Å². The van der Waals surface area contributed by atoms with Gasteiger partial charge < -0.3 is 15.8 Å². The van der Waals surface area contributed by atoms with Crippen LogP contribution >= 0.6 is 11.6 Å². The van der Waals surface area contributed by atoms with Crippen LogP contribution in [0.25, 0.3) is 0 Å². The number of rotatable bonds is 8. The highest BCUT2D eigenvalue weighted by atomic mass is 35.5. The summed E-state index contributed by atoms with van der Waals surface area (Å²) in [7, 11) is 1.65. The summed E-state index contributed by atoms with van der Waals surface area (Å²) in [6, 6.07) is 5.02. The molecule has 0 unspecified atom stereocenters. The molecule has 5 nitrogen and oxygen atoms in total. The van der Waals surface area contributed by atoms with Crippen molar-refractivity contribution in [3.05, 3.63) is 23.2 Å². The van der Waals surface area contributed by atoms with Crippen molar-refractivity contribution in [2.75, 3.05) is 44.4 Å². The molecule has 0 aliphatic carbocycles. The van der Waals surface area contributed by atoms with E-state index < -0.39 is 0 Å². The molecule has 1 aromatic rings. The molecule has 0 fully saturated rings. The van der Waals surface area contributed by atoms with Crippen LogP contribution in [-0.4, -0.2) is 44.2 Å². The molecule has 118 valence electrons. The number of hydrogen-bond donors (Lipinski definition) is 2. The summed E-state index contributed by atoms with van der Waals surface area (Å²) in [4.78, 5) is 14.2. The molecule has 0 aliphatic heterocycles. The van der Waals surface area contributed by atoms with Gasteiger partial charge in [0, 0.05) is 25.9 Å². The van der Waals surface area contributed by atoms with E-state index in [0.717, 1.165) is 6.54 Å². The largest absolute Gasteiger partial charge is 0.399 e. The van der Waals surface area contributed by atoms with E-state index in [4.69, 9.17) is 22.1 Å². The highest BCUT2D eigenvalue weighted by Crippen LogP contribution is 2.23. The highest BCUT2D eigenvalue weighted by molar-refractivity contribution is 6.33. The Morgan fingerprint density at radius 2 is 2.19 bits per heavy atom. The SMILES string of the molecule is COCCN(CC(=O)Nc1cc(N)ccc1Cl)CC(C)C. The molecule has 0 bridgehead atoms. The van der Waals surface area contributed by atoms with E-state index in [1.54, 1.807) is 25.3 Å². The first-order valence-electron chi connectivity index (χ1n) is 6.98. The van der Waals surface area contributed by atoms with Crippen molar-refractivity contribution in [2.24, 2.45) is 5.92 Å². The fraction of sp³-hybridized carbons (Fsp3) is 0.533. The molecule has 6 heteroatoms. The molecule has 21 heavy (non-hydrogen) atoms. The van der Waals surface area contributed by atoms with E-state index in [1.807, 2.05) is 0 Å². The van der Waals surface area contributed by atoms with Gasteiger partial charge in [-0.25, -0.2) is 0 Å². The molecule has 0 saturated heterocycles. The van der Waals surface area contributed by atoms with Gasteiger partial charge in [-0.3, -0.25) is 9.69 Å². The number of amides is 1. The summed E-state index contributed by atoms with van der Waals surface area (Å²) < 4.78 is 5.08. The van der Waals surface area contributed by atoms with Gasteiger partial charge in [0.25, 0.3) is 0 Å². The first kappa shape index (κ1) is 17.8. The van der Waals surface area contributed by atoms with Crippen molar-refractivity contribution in [2.45, 2.75) is 13.8 Å². The van der Waals surface area contributed by atoms with Crippen LogP contribution in [0.3, 0.4) is 0 Å².